The number of hydrogen-bond acceptors (Lipinski definition) is 4. The molecule has 0 amide bonds. The maximum absolute atomic E-state index is 11.7. The summed E-state index contributed by atoms with van der Waals surface area (Å²) >= 11 is 0. The fourth-order valence-corrected chi connectivity index (χ4v) is 2.05. The summed E-state index contributed by atoms with van der Waals surface area (Å²) in [7, 11) is 0. The van der Waals surface area contributed by atoms with Crippen molar-refractivity contribution in [3.05, 3.63) is 90.5 Å². The molecule has 0 spiro atoms. The van der Waals surface area contributed by atoms with Gasteiger partial charge >= 0.3 is 6.16 Å². The summed E-state index contributed by atoms with van der Waals surface area (Å²) in [5.74, 6) is 1.52. The molecule has 4 nitrogen and oxygen atoms in total. The number of carbonyl (C=O) groups excluding carboxylic acids is 1. The van der Waals surface area contributed by atoms with Gasteiger partial charge in [0.2, 0.25) is 0 Å². The van der Waals surface area contributed by atoms with Crippen LogP contribution in [0.1, 0.15) is 5.56 Å². The first-order chi connectivity index (χ1) is 11.8. The lowest BCUT2D eigenvalue weighted by molar-refractivity contribution is 0.152. The molecular weight excluding hydrogens is 304 g/mol. The normalized spacial score (nSPS) is 10.0. The van der Waals surface area contributed by atoms with Crippen molar-refractivity contribution in [2.75, 3.05) is 0 Å². The minimum absolute atomic E-state index is 0.392. The van der Waals surface area contributed by atoms with Crippen LogP contribution in [-0.2, 0) is 6.61 Å². The molecule has 0 N–H and O–H groups in total. The summed E-state index contributed by atoms with van der Waals surface area (Å²) in [5.41, 5.74) is 1.09. The quantitative estimate of drug-likeness (QED) is 0.498. The van der Waals surface area contributed by atoms with E-state index in [1.165, 1.54) is 0 Å². The highest BCUT2D eigenvalue weighted by molar-refractivity contribution is 5.67. The van der Waals surface area contributed by atoms with Crippen LogP contribution in [0.25, 0.3) is 0 Å². The van der Waals surface area contributed by atoms with Gasteiger partial charge in [0.05, 0.1) is 0 Å². The summed E-state index contributed by atoms with van der Waals surface area (Å²) in [6.07, 6.45) is -0.779. The van der Waals surface area contributed by atoms with Crippen molar-refractivity contribution in [3.8, 4) is 17.2 Å². The molecule has 0 fully saturated rings. The van der Waals surface area contributed by atoms with E-state index in [9.17, 15) is 4.79 Å². The second-order valence-corrected chi connectivity index (χ2v) is 5.01. The summed E-state index contributed by atoms with van der Waals surface area (Å²) in [6, 6.07) is 25.5. The Labute approximate surface area is 140 Å². The second kappa shape index (κ2) is 7.83. The van der Waals surface area contributed by atoms with Crippen molar-refractivity contribution >= 4 is 6.16 Å². The van der Waals surface area contributed by atoms with E-state index in [0.29, 0.717) is 23.9 Å². The number of carbonyl (C=O) groups is 1. The van der Waals surface area contributed by atoms with E-state index in [1.54, 1.807) is 48.5 Å². The second-order valence-electron chi connectivity index (χ2n) is 5.01. The molecule has 3 aromatic rings. The molecule has 3 rings (SSSR count). The maximum Gasteiger partial charge on any atom is 0.519 e. The van der Waals surface area contributed by atoms with Gasteiger partial charge in [-0.15, -0.1) is 0 Å². The highest BCUT2D eigenvalue weighted by atomic mass is 16.7. The first kappa shape index (κ1) is 15.6. The van der Waals surface area contributed by atoms with Gasteiger partial charge in [0.15, 0.2) is 0 Å². The Morgan fingerprint density at radius 3 is 1.75 bits per heavy atom. The standard InChI is InChI=1S/C20H16O4/c21-20(23-18-9-5-2-6-10-18)24-19-13-11-17(12-14-19)22-15-16-7-3-1-4-8-16/h1-14H,15H2. The zero-order chi connectivity index (χ0) is 16.6. The summed E-state index contributed by atoms with van der Waals surface area (Å²) < 4.78 is 15.9. The Bertz CT molecular complexity index is 768. The van der Waals surface area contributed by atoms with Gasteiger partial charge in [0, 0.05) is 0 Å². The third-order valence-electron chi connectivity index (χ3n) is 3.22. The van der Waals surface area contributed by atoms with Crippen molar-refractivity contribution in [3.63, 3.8) is 0 Å². The SMILES string of the molecule is O=C(Oc1ccccc1)Oc1ccc(OCc2ccccc2)cc1. The zero-order valence-corrected chi connectivity index (χ0v) is 12.9. The topological polar surface area (TPSA) is 44.8 Å². The average Bonchev–Trinajstić information content (AvgIpc) is 2.63. The van der Waals surface area contributed by atoms with E-state index < -0.39 is 6.16 Å². The van der Waals surface area contributed by atoms with Crippen LogP contribution in [0.15, 0.2) is 84.9 Å². The minimum atomic E-state index is -0.779. The number of hydrogen-bond donors (Lipinski definition) is 0. The molecule has 0 aliphatic heterocycles. The molecule has 0 aromatic heterocycles. The molecule has 0 atom stereocenters. The van der Waals surface area contributed by atoms with Crippen molar-refractivity contribution in [2.45, 2.75) is 6.61 Å². The minimum Gasteiger partial charge on any atom is -0.489 e. The summed E-state index contributed by atoms with van der Waals surface area (Å²) in [6.45, 7) is 0.483. The molecule has 0 saturated carbocycles. The van der Waals surface area contributed by atoms with Crippen LogP contribution in [-0.4, -0.2) is 6.16 Å². The molecule has 4 heteroatoms. The van der Waals surface area contributed by atoms with Crippen LogP contribution in [0.5, 0.6) is 17.2 Å². The highest BCUT2D eigenvalue weighted by Gasteiger charge is 2.07. The van der Waals surface area contributed by atoms with Gasteiger partial charge < -0.3 is 14.2 Å². The van der Waals surface area contributed by atoms with Gasteiger partial charge in [-0.1, -0.05) is 48.5 Å². The number of para-hydroxylation sites is 1. The Hall–Kier alpha value is -3.27. The lowest BCUT2D eigenvalue weighted by Crippen LogP contribution is -2.13. The molecular formula is C20H16O4. The lowest BCUT2D eigenvalue weighted by atomic mass is 10.2. The third kappa shape index (κ3) is 4.61. The third-order valence-corrected chi connectivity index (χ3v) is 3.22. The Morgan fingerprint density at radius 1 is 0.625 bits per heavy atom. The molecule has 0 aliphatic carbocycles. The van der Waals surface area contributed by atoms with Crippen LogP contribution in [0.4, 0.5) is 4.79 Å². The zero-order valence-electron chi connectivity index (χ0n) is 12.9. The number of ether oxygens (including phenoxy) is 3. The van der Waals surface area contributed by atoms with E-state index >= 15 is 0 Å². The molecule has 3 aromatic carbocycles. The molecule has 120 valence electrons. The predicted molar refractivity (Wildman–Crippen MR) is 90.3 cm³/mol. The molecule has 0 bridgehead atoms. The van der Waals surface area contributed by atoms with Gasteiger partial charge in [-0.05, 0) is 42.0 Å². The van der Waals surface area contributed by atoms with E-state index in [1.807, 2.05) is 36.4 Å². The monoisotopic (exact) mass is 320 g/mol. The Balaban J connectivity index is 1.51. The van der Waals surface area contributed by atoms with Crippen LogP contribution >= 0.6 is 0 Å². The largest absolute Gasteiger partial charge is 0.519 e. The van der Waals surface area contributed by atoms with E-state index in [0.717, 1.165) is 5.56 Å². The van der Waals surface area contributed by atoms with Crippen LogP contribution in [0, 0.1) is 0 Å². The molecule has 0 saturated heterocycles. The van der Waals surface area contributed by atoms with Gasteiger partial charge in [-0.25, -0.2) is 4.79 Å². The Morgan fingerprint density at radius 2 is 1.12 bits per heavy atom. The number of rotatable bonds is 5. The maximum atomic E-state index is 11.7. The van der Waals surface area contributed by atoms with Crippen LogP contribution in [0.3, 0.4) is 0 Å². The van der Waals surface area contributed by atoms with Crippen molar-refractivity contribution in [1.29, 1.82) is 0 Å². The molecule has 0 aliphatic rings. The number of benzene rings is 3. The van der Waals surface area contributed by atoms with E-state index in [4.69, 9.17) is 14.2 Å². The first-order valence-corrected chi connectivity index (χ1v) is 7.51. The van der Waals surface area contributed by atoms with Gasteiger partial charge in [-0.3, -0.25) is 0 Å². The van der Waals surface area contributed by atoms with Gasteiger partial charge in [-0.2, -0.15) is 0 Å². The summed E-state index contributed by atoms with van der Waals surface area (Å²) in [5, 5.41) is 0. The van der Waals surface area contributed by atoms with Crippen LogP contribution < -0.4 is 14.2 Å². The smallest absolute Gasteiger partial charge is 0.489 e. The summed E-state index contributed by atoms with van der Waals surface area (Å²) in [4.78, 5) is 11.7. The lowest BCUT2D eigenvalue weighted by Gasteiger charge is -2.08. The fourth-order valence-electron chi connectivity index (χ4n) is 2.05. The molecule has 0 heterocycles. The first-order valence-electron chi connectivity index (χ1n) is 7.51. The highest BCUT2D eigenvalue weighted by Crippen LogP contribution is 2.19. The molecule has 0 unspecified atom stereocenters. The van der Waals surface area contributed by atoms with Crippen LogP contribution in [0.2, 0.25) is 0 Å². The molecule has 0 radical (unpaired) electrons. The van der Waals surface area contributed by atoms with Gasteiger partial charge in [0.1, 0.15) is 23.9 Å². The van der Waals surface area contributed by atoms with Crippen molar-refractivity contribution in [1.82, 2.24) is 0 Å². The van der Waals surface area contributed by atoms with Crippen molar-refractivity contribution in [2.24, 2.45) is 0 Å². The molecule has 24 heavy (non-hydrogen) atoms. The van der Waals surface area contributed by atoms with Gasteiger partial charge in [0.25, 0.3) is 0 Å². The predicted octanol–water partition coefficient (Wildman–Crippen LogP) is 4.84. The van der Waals surface area contributed by atoms with E-state index in [2.05, 4.69) is 0 Å². The Kier molecular flexibility index (Phi) is 5.10. The van der Waals surface area contributed by atoms with E-state index in [-0.39, 0.29) is 0 Å². The fraction of sp³-hybridized carbons (Fsp3) is 0.0500. The average molecular weight is 320 g/mol. The van der Waals surface area contributed by atoms with Crippen molar-refractivity contribution < 1.29 is 19.0 Å².